The predicted octanol–water partition coefficient (Wildman–Crippen LogP) is 4.53. The predicted molar refractivity (Wildman–Crippen MR) is 90.6 cm³/mol. The SMILES string of the molecule is C1=CN2Cc3ccccc3C=C2c2nc3ccccc3cc21. The average Bonchev–Trinajstić information content (AvgIpc) is 2.58. The van der Waals surface area contributed by atoms with Crippen molar-refractivity contribution in [2.45, 2.75) is 6.54 Å². The van der Waals surface area contributed by atoms with Gasteiger partial charge in [-0.2, -0.15) is 0 Å². The highest BCUT2D eigenvalue weighted by atomic mass is 15.1. The van der Waals surface area contributed by atoms with Crippen LogP contribution in [0.15, 0.2) is 60.8 Å². The molecule has 22 heavy (non-hydrogen) atoms. The summed E-state index contributed by atoms with van der Waals surface area (Å²) in [5, 5.41) is 1.19. The van der Waals surface area contributed by atoms with Crippen molar-refractivity contribution >= 4 is 28.8 Å². The standard InChI is InChI=1S/C20H14N2/c1-2-7-17-13-22-10-9-16-11-15-6-3-4-8-18(15)21-20(16)19(22)12-14(17)5-1/h1-12H,13H2. The maximum absolute atomic E-state index is 4.91. The first-order valence-electron chi connectivity index (χ1n) is 7.53. The molecule has 104 valence electrons. The van der Waals surface area contributed by atoms with E-state index in [0.29, 0.717) is 0 Å². The zero-order valence-electron chi connectivity index (χ0n) is 12.0. The van der Waals surface area contributed by atoms with Crippen molar-refractivity contribution < 1.29 is 0 Å². The van der Waals surface area contributed by atoms with Crippen LogP contribution in [0.5, 0.6) is 0 Å². The fourth-order valence-corrected chi connectivity index (χ4v) is 3.29. The third-order valence-electron chi connectivity index (χ3n) is 4.43. The van der Waals surface area contributed by atoms with Crippen LogP contribution in [-0.2, 0) is 6.54 Å². The summed E-state index contributed by atoms with van der Waals surface area (Å²) in [5.74, 6) is 0. The number of nitrogens with zero attached hydrogens (tertiary/aromatic N) is 2. The average molecular weight is 282 g/mol. The van der Waals surface area contributed by atoms with Crippen molar-refractivity contribution in [3.05, 3.63) is 83.2 Å². The zero-order chi connectivity index (χ0) is 14.5. The molecule has 0 saturated heterocycles. The van der Waals surface area contributed by atoms with Gasteiger partial charge in [-0.3, -0.25) is 0 Å². The summed E-state index contributed by atoms with van der Waals surface area (Å²) >= 11 is 0. The van der Waals surface area contributed by atoms with E-state index < -0.39 is 0 Å². The molecule has 0 N–H and O–H groups in total. The highest BCUT2D eigenvalue weighted by Crippen LogP contribution is 2.36. The summed E-state index contributed by atoms with van der Waals surface area (Å²) in [5.41, 5.74) is 7.18. The largest absolute Gasteiger partial charge is 0.342 e. The first-order chi connectivity index (χ1) is 10.9. The Kier molecular flexibility index (Phi) is 2.30. The van der Waals surface area contributed by atoms with Crippen LogP contribution in [0.25, 0.3) is 28.8 Å². The molecule has 2 nitrogen and oxygen atoms in total. The molecule has 0 bridgehead atoms. The van der Waals surface area contributed by atoms with Crippen LogP contribution >= 0.6 is 0 Å². The van der Waals surface area contributed by atoms with E-state index in [9.17, 15) is 0 Å². The second kappa shape index (κ2) is 4.31. The molecule has 2 heteroatoms. The number of pyridine rings is 1. The normalized spacial score (nSPS) is 15.1. The van der Waals surface area contributed by atoms with Gasteiger partial charge in [-0.15, -0.1) is 0 Å². The van der Waals surface area contributed by atoms with Crippen LogP contribution in [0.4, 0.5) is 0 Å². The third-order valence-corrected chi connectivity index (χ3v) is 4.43. The maximum Gasteiger partial charge on any atom is 0.0947 e. The summed E-state index contributed by atoms with van der Waals surface area (Å²) in [4.78, 5) is 7.20. The van der Waals surface area contributed by atoms with Crippen molar-refractivity contribution in [3.63, 3.8) is 0 Å². The molecule has 1 aromatic heterocycles. The van der Waals surface area contributed by atoms with E-state index in [0.717, 1.165) is 17.8 Å². The maximum atomic E-state index is 4.91. The minimum absolute atomic E-state index is 0.909. The van der Waals surface area contributed by atoms with Crippen molar-refractivity contribution in [2.24, 2.45) is 0 Å². The molecule has 5 rings (SSSR count). The van der Waals surface area contributed by atoms with Gasteiger partial charge >= 0.3 is 0 Å². The first-order valence-corrected chi connectivity index (χ1v) is 7.53. The second-order valence-corrected chi connectivity index (χ2v) is 5.79. The van der Waals surface area contributed by atoms with Gasteiger partial charge < -0.3 is 4.90 Å². The van der Waals surface area contributed by atoms with E-state index in [2.05, 4.69) is 71.8 Å². The molecule has 3 aromatic rings. The zero-order valence-corrected chi connectivity index (χ0v) is 12.0. The van der Waals surface area contributed by atoms with Crippen molar-refractivity contribution in [1.29, 1.82) is 0 Å². The smallest absolute Gasteiger partial charge is 0.0947 e. The Hall–Kier alpha value is -2.87. The number of rotatable bonds is 0. The van der Waals surface area contributed by atoms with Gasteiger partial charge in [0.05, 0.1) is 16.9 Å². The molecule has 2 aromatic carbocycles. The van der Waals surface area contributed by atoms with Crippen LogP contribution in [0.3, 0.4) is 0 Å². The van der Waals surface area contributed by atoms with E-state index in [1.54, 1.807) is 0 Å². The Balaban J connectivity index is 1.77. The number of benzene rings is 2. The molecular formula is C20H14N2. The lowest BCUT2D eigenvalue weighted by molar-refractivity contribution is 0.519. The van der Waals surface area contributed by atoms with E-state index >= 15 is 0 Å². The molecule has 2 aliphatic heterocycles. The van der Waals surface area contributed by atoms with Gasteiger partial charge in [0.2, 0.25) is 0 Å². The summed E-state index contributed by atoms with van der Waals surface area (Å²) in [6, 6.07) is 19.1. The molecule has 0 fully saturated rings. The van der Waals surface area contributed by atoms with Gasteiger partial charge in [0, 0.05) is 23.7 Å². The van der Waals surface area contributed by atoms with E-state index in [4.69, 9.17) is 4.98 Å². The lowest BCUT2D eigenvalue weighted by atomic mass is 9.96. The molecule has 3 heterocycles. The Bertz CT molecular complexity index is 966. The van der Waals surface area contributed by atoms with E-state index in [1.165, 1.54) is 27.8 Å². The highest BCUT2D eigenvalue weighted by molar-refractivity contribution is 5.92. The van der Waals surface area contributed by atoms with Crippen LogP contribution in [0.1, 0.15) is 22.4 Å². The lowest BCUT2D eigenvalue weighted by Gasteiger charge is -2.32. The summed E-state index contributed by atoms with van der Waals surface area (Å²) in [6.45, 7) is 0.909. The molecule has 2 aliphatic rings. The monoisotopic (exact) mass is 282 g/mol. The molecule has 0 radical (unpaired) electrons. The quantitative estimate of drug-likeness (QED) is 0.602. The van der Waals surface area contributed by atoms with Gasteiger partial charge in [0.25, 0.3) is 0 Å². The minimum Gasteiger partial charge on any atom is -0.342 e. The highest BCUT2D eigenvalue weighted by Gasteiger charge is 2.23. The second-order valence-electron chi connectivity index (χ2n) is 5.79. The van der Waals surface area contributed by atoms with Gasteiger partial charge in [-0.05, 0) is 35.4 Å². The molecular weight excluding hydrogens is 268 g/mol. The minimum atomic E-state index is 0.909. The number of aromatic nitrogens is 1. The summed E-state index contributed by atoms with van der Waals surface area (Å²) in [6.07, 6.45) is 6.59. The number of para-hydroxylation sites is 1. The van der Waals surface area contributed by atoms with Crippen LogP contribution in [-0.4, -0.2) is 9.88 Å². The van der Waals surface area contributed by atoms with Gasteiger partial charge in [0.15, 0.2) is 0 Å². The Morgan fingerprint density at radius 1 is 0.909 bits per heavy atom. The lowest BCUT2D eigenvalue weighted by Crippen LogP contribution is -2.22. The molecule has 0 amide bonds. The van der Waals surface area contributed by atoms with E-state index in [-0.39, 0.29) is 0 Å². The summed E-state index contributed by atoms with van der Waals surface area (Å²) < 4.78 is 0. The molecule has 0 atom stereocenters. The number of hydrogen-bond acceptors (Lipinski definition) is 2. The molecule has 0 saturated carbocycles. The van der Waals surface area contributed by atoms with Crippen LogP contribution in [0, 0.1) is 0 Å². The fraction of sp³-hybridized carbons (Fsp3) is 0.0500. The summed E-state index contributed by atoms with van der Waals surface area (Å²) in [7, 11) is 0. The first kappa shape index (κ1) is 11.8. The van der Waals surface area contributed by atoms with E-state index in [1.807, 2.05) is 6.07 Å². The topological polar surface area (TPSA) is 16.1 Å². The fourth-order valence-electron chi connectivity index (χ4n) is 3.29. The van der Waals surface area contributed by atoms with Crippen LogP contribution < -0.4 is 0 Å². The molecule has 0 spiro atoms. The van der Waals surface area contributed by atoms with Gasteiger partial charge in [-0.1, -0.05) is 42.5 Å². The van der Waals surface area contributed by atoms with Gasteiger partial charge in [-0.25, -0.2) is 4.98 Å². The van der Waals surface area contributed by atoms with Crippen molar-refractivity contribution in [2.75, 3.05) is 0 Å². The Morgan fingerprint density at radius 2 is 1.77 bits per heavy atom. The molecule has 0 unspecified atom stereocenters. The van der Waals surface area contributed by atoms with Crippen molar-refractivity contribution in [3.8, 4) is 0 Å². The molecule has 0 aliphatic carbocycles. The van der Waals surface area contributed by atoms with Crippen molar-refractivity contribution in [1.82, 2.24) is 9.88 Å². The number of hydrogen-bond donors (Lipinski definition) is 0. The Labute approximate surface area is 129 Å². The third kappa shape index (κ3) is 1.64. The Morgan fingerprint density at radius 3 is 2.77 bits per heavy atom. The van der Waals surface area contributed by atoms with Gasteiger partial charge in [0.1, 0.15) is 0 Å². The van der Waals surface area contributed by atoms with Crippen LogP contribution in [0.2, 0.25) is 0 Å². The number of fused-ring (bicyclic) bond motifs is 5.